The van der Waals surface area contributed by atoms with Gasteiger partial charge in [-0.3, -0.25) is 0 Å². The molecule has 1 aromatic rings. The van der Waals surface area contributed by atoms with Crippen molar-refractivity contribution in [3.8, 4) is 0 Å². The normalized spacial score (nSPS) is 17.3. The lowest BCUT2D eigenvalue weighted by molar-refractivity contribution is 0.0727. The van der Waals surface area contributed by atoms with Crippen LogP contribution in [0.15, 0.2) is 12.3 Å². The Hall–Kier alpha value is -1.44. The Kier molecular flexibility index (Phi) is 5.31. The summed E-state index contributed by atoms with van der Waals surface area (Å²) in [4.78, 5) is 10.8. The SMILES string of the molecule is COC[C@@H](O)CNc1ccnc(N2CCOCC2)n1. The largest absolute Gasteiger partial charge is 0.389 e. The van der Waals surface area contributed by atoms with Gasteiger partial charge in [-0.15, -0.1) is 0 Å². The van der Waals surface area contributed by atoms with Gasteiger partial charge in [-0.1, -0.05) is 0 Å². The van der Waals surface area contributed by atoms with Gasteiger partial charge < -0.3 is 24.8 Å². The van der Waals surface area contributed by atoms with Gasteiger partial charge in [0.2, 0.25) is 5.95 Å². The highest BCUT2D eigenvalue weighted by atomic mass is 16.5. The van der Waals surface area contributed by atoms with E-state index in [4.69, 9.17) is 9.47 Å². The summed E-state index contributed by atoms with van der Waals surface area (Å²) in [6.07, 6.45) is 1.16. The van der Waals surface area contributed by atoms with E-state index in [0.717, 1.165) is 13.1 Å². The Morgan fingerprint density at radius 3 is 3.05 bits per heavy atom. The van der Waals surface area contributed by atoms with Gasteiger partial charge in [-0.2, -0.15) is 4.98 Å². The molecule has 1 aromatic heterocycles. The molecule has 0 spiro atoms. The summed E-state index contributed by atoms with van der Waals surface area (Å²) >= 11 is 0. The second-order valence-corrected chi connectivity index (χ2v) is 4.33. The zero-order chi connectivity index (χ0) is 13.5. The van der Waals surface area contributed by atoms with E-state index < -0.39 is 6.10 Å². The Morgan fingerprint density at radius 1 is 1.53 bits per heavy atom. The molecule has 106 valence electrons. The summed E-state index contributed by atoms with van der Waals surface area (Å²) in [5, 5.41) is 12.6. The lowest BCUT2D eigenvalue weighted by Crippen LogP contribution is -2.37. The minimum atomic E-state index is -0.549. The zero-order valence-corrected chi connectivity index (χ0v) is 11.1. The molecule has 1 aliphatic heterocycles. The molecule has 1 aliphatic rings. The third-order valence-corrected chi connectivity index (χ3v) is 2.81. The van der Waals surface area contributed by atoms with Crippen molar-refractivity contribution < 1.29 is 14.6 Å². The molecule has 0 saturated carbocycles. The van der Waals surface area contributed by atoms with Crippen LogP contribution < -0.4 is 10.2 Å². The van der Waals surface area contributed by atoms with Crippen LogP contribution in [0.25, 0.3) is 0 Å². The highest BCUT2D eigenvalue weighted by Crippen LogP contribution is 2.12. The number of ether oxygens (including phenoxy) is 2. The summed E-state index contributed by atoms with van der Waals surface area (Å²) < 4.78 is 10.2. The lowest BCUT2D eigenvalue weighted by Gasteiger charge is -2.26. The third kappa shape index (κ3) is 4.30. The fraction of sp³-hybridized carbons (Fsp3) is 0.667. The molecule has 1 fully saturated rings. The van der Waals surface area contributed by atoms with Crippen LogP contribution in [0.4, 0.5) is 11.8 Å². The molecule has 0 aromatic carbocycles. The average Bonchev–Trinajstić information content (AvgIpc) is 2.47. The van der Waals surface area contributed by atoms with Crippen LogP contribution in [-0.4, -0.2) is 67.7 Å². The van der Waals surface area contributed by atoms with Crippen LogP contribution in [0.5, 0.6) is 0 Å². The molecule has 19 heavy (non-hydrogen) atoms. The van der Waals surface area contributed by atoms with Crippen LogP contribution >= 0.6 is 0 Å². The first kappa shape index (κ1) is 14.0. The summed E-state index contributed by atoms with van der Waals surface area (Å²) in [5.41, 5.74) is 0. The molecular weight excluding hydrogens is 248 g/mol. The van der Waals surface area contributed by atoms with E-state index in [1.165, 1.54) is 0 Å². The van der Waals surface area contributed by atoms with Crippen molar-refractivity contribution in [2.45, 2.75) is 6.10 Å². The summed E-state index contributed by atoms with van der Waals surface area (Å²) in [5.74, 6) is 1.39. The molecule has 0 aliphatic carbocycles. The molecule has 1 atom stereocenters. The van der Waals surface area contributed by atoms with Crippen molar-refractivity contribution in [1.29, 1.82) is 0 Å². The first-order valence-electron chi connectivity index (χ1n) is 6.36. The number of nitrogens with zero attached hydrogens (tertiary/aromatic N) is 3. The predicted molar refractivity (Wildman–Crippen MR) is 71.4 cm³/mol. The van der Waals surface area contributed by atoms with Crippen molar-refractivity contribution in [3.63, 3.8) is 0 Å². The van der Waals surface area contributed by atoms with E-state index in [-0.39, 0.29) is 0 Å². The summed E-state index contributed by atoms with van der Waals surface area (Å²) in [7, 11) is 1.56. The van der Waals surface area contributed by atoms with Crippen molar-refractivity contribution in [2.24, 2.45) is 0 Å². The highest BCUT2D eigenvalue weighted by molar-refractivity contribution is 5.41. The van der Waals surface area contributed by atoms with E-state index in [9.17, 15) is 5.11 Å². The number of aliphatic hydroxyl groups is 1. The van der Waals surface area contributed by atoms with Crippen LogP contribution in [0.1, 0.15) is 0 Å². The van der Waals surface area contributed by atoms with Gasteiger partial charge in [-0.05, 0) is 6.07 Å². The van der Waals surface area contributed by atoms with Gasteiger partial charge in [0, 0.05) is 32.9 Å². The summed E-state index contributed by atoms with van der Waals surface area (Å²) in [6, 6.07) is 1.78. The summed E-state index contributed by atoms with van der Waals surface area (Å²) in [6.45, 7) is 3.70. The Morgan fingerprint density at radius 2 is 2.32 bits per heavy atom. The maximum atomic E-state index is 9.57. The van der Waals surface area contributed by atoms with Crippen molar-refractivity contribution in [1.82, 2.24) is 9.97 Å². The van der Waals surface area contributed by atoms with Crippen molar-refractivity contribution in [2.75, 3.05) is 56.8 Å². The second-order valence-electron chi connectivity index (χ2n) is 4.33. The van der Waals surface area contributed by atoms with E-state index in [0.29, 0.717) is 38.1 Å². The van der Waals surface area contributed by atoms with Crippen LogP contribution in [0.3, 0.4) is 0 Å². The number of anilines is 2. The number of morpholine rings is 1. The van der Waals surface area contributed by atoms with Gasteiger partial charge in [0.1, 0.15) is 5.82 Å². The number of aromatic nitrogens is 2. The monoisotopic (exact) mass is 268 g/mol. The highest BCUT2D eigenvalue weighted by Gasteiger charge is 2.14. The molecule has 0 unspecified atom stereocenters. The average molecular weight is 268 g/mol. The molecule has 0 amide bonds. The fourth-order valence-corrected chi connectivity index (χ4v) is 1.84. The zero-order valence-electron chi connectivity index (χ0n) is 11.1. The van der Waals surface area contributed by atoms with E-state index in [1.54, 1.807) is 19.4 Å². The van der Waals surface area contributed by atoms with Gasteiger partial charge in [-0.25, -0.2) is 4.98 Å². The molecule has 1 saturated heterocycles. The minimum Gasteiger partial charge on any atom is -0.389 e. The molecule has 2 rings (SSSR count). The van der Waals surface area contributed by atoms with Gasteiger partial charge >= 0.3 is 0 Å². The number of hydrogen-bond donors (Lipinski definition) is 2. The smallest absolute Gasteiger partial charge is 0.227 e. The van der Waals surface area contributed by atoms with Crippen molar-refractivity contribution in [3.05, 3.63) is 12.3 Å². The third-order valence-electron chi connectivity index (χ3n) is 2.81. The van der Waals surface area contributed by atoms with Crippen LogP contribution in [-0.2, 0) is 9.47 Å². The molecule has 2 heterocycles. The van der Waals surface area contributed by atoms with Crippen molar-refractivity contribution >= 4 is 11.8 Å². The van der Waals surface area contributed by atoms with E-state index in [2.05, 4.69) is 20.2 Å². The standard InChI is InChI=1S/C12H20N4O3/c1-18-9-10(17)8-14-11-2-3-13-12(15-11)16-4-6-19-7-5-16/h2-3,10,17H,4-9H2,1H3,(H,13,14,15)/t10-/m0/s1. The van der Waals surface area contributed by atoms with Crippen LogP contribution in [0.2, 0.25) is 0 Å². The number of hydrogen-bond acceptors (Lipinski definition) is 7. The second kappa shape index (κ2) is 7.22. The number of rotatable bonds is 6. The number of aliphatic hydroxyl groups excluding tert-OH is 1. The molecule has 7 nitrogen and oxygen atoms in total. The quantitative estimate of drug-likeness (QED) is 0.735. The molecule has 0 bridgehead atoms. The fourth-order valence-electron chi connectivity index (χ4n) is 1.84. The molecular formula is C12H20N4O3. The van der Waals surface area contributed by atoms with Gasteiger partial charge in [0.15, 0.2) is 0 Å². The molecule has 0 radical (unpaired) electrons. The maximum absolute atomic E-state index is 9.57. The minimum absolute atomic E-state index is 0.300. The Bertz CT molecular complexity index is 385. The predicted octanol–water partition coefficient (Wildman–Crippen LogP) is -0.268. The Balaban J connectivity index is 1.91. The first-order valence-corrected chi connectivity index (χ1v) is 6.36. The Labute approximate surface area is 112 Å². The number of nitrogens with one attached hydrogen (secondary N) is 1. The number of methoxy groups -OCH3 is 1. The van der Waals surface area contributed by atoms with Gasteiger partial charge in [0.25, 0.3) is 0 Å². The maximum Gasteiger partial charge on any atom is 0.227 e. The first-order chi connectivity index (χ1) is 9.29. The lowest BCUT2D eigenvalue weighted by atomic mass is 10.4. The molecule has 7 heteroatoms. The van der Waals surface area contributed by atoms with Crippen LogP contribution in [0, 0.1) is 0 Å². The topological polar surface area (TPSA) is 79.7 Å². The van der Waals surface area contributed by atoms with Gasteiger partial charge in [0.05, 0.1) is 25.9 Å². The van der Waals surface area contributed by atoms with E-state index >= 15 is 0 Å². The molecule has 2 N–H and O–H groups in total. The van der Waals surface area contributed by atoms with E-state index in [1.807, 2.05) is 0 Å².